The first kappa shape index (κ1) is 14.5. The van der Waals surface area contributed by atoms with E-state index in [2.05, 4.69) is 9.80 Å². The zero-order valence-electron chi connectivity index (χ0n) is 13.1. The van der Waals surface area contributed by atoms with E-state index in [9.17, 15) is 4.39 Å². The predicted octanol–water partition coefficient (Wildman–Crippen LogP) is 2.91. The van der Waals surface area contributed by atoms with Crippen molar-refractivity contribution >= 4 is 5.69 Å². The fourth-order valence-corrected chi connectivity index (χ4v) is 3.98. The second-order valence-electron chi connectivity index (χ2n) is 7.21. The van der Waals surface area contributed by atoms with E-state index in [-0.39, 0.29) is 11.4 Å². The van der Waals surface area contributed by atoms with Gasteiger partial charge in [-0.15, -0.1) is 0 Å². The van der Waals surface area contributed by atoms with Crippen molar-refractivity contribution in [3.05, 3.63) is 30.1 Å². The van der Waals surface area contributed by atoms with Crippen molar-refractivity contribution < 1.29 is 9.13 Å². The molecule has 3 nitrogen and oxygen atoms in total. The minimum Gasteiger partial charge on any atom is -0.370 e. The summed E-state index contributed by atoms with van der Waals surface area (Å²) in [4.78, 5) is 4.89. The fraction of sp³-hybridized carbons (Fsp3) is 0.667. The number of hydrogen-bond donors (Lipinski definition) is 0. The highest BCUT2D eigenvalue weighted by molar-refractivity contribution is 5.47. The molecule has 1 spiro atoms. The predicted molar refractivity (Wildman–Crippen MR) is 85.7 cm³/mol. The molecule has 120 valence electrons. The minimum atomic E-state index is -0.156. The Morgan fingerprint density at radius 2 is 2.14 bits per heavy atom. The first-order chi connectivity index (χ1) is 10.7. The third-order valence-corrected chi connectivity index (χ3v) is 5.25. The molecular weight excluding hydrogens is 279 g/mol. The van der Waals surface area contributed by atoms with Crippen molar-refractivity contribution in [2.45, 2.75) is 31.3 Å². The van der Waals surface area contributed by atoms with Crippen LogP contribution >= 0.6 is 0 Å². The highest BCUT2D eigenvalue weighted by atomic mass is 19.1. The molecule has 2 heterocycles. The Balaban J connectivity index is 1.47. The maximum absolute atomic E-state index is 13.5. The van der Waals surface area contributed by atoms with Crippen LogP contribution < -0.4 is 4.90 Å². The molecular formula is C18H25FN2O. The van der Waals surface area contributed by atoms with E-state index in [4.69, 9.17) is 4.74 Å². The van der Waals surface area contributed by atoms with Gasteiger partial charge in [0.1, 0.15) is 5.82 Å². The zero-order chi connectivity index (χ0) is 15.0. The molecule has 2 aliphatic heterocycles. The maximum atomic E-state index is 13.5. The van der Waals surface area contributed by atoms with Crippen LogP contribution in [0.25, 0.3) is 0 Å². The molecule has 1 aliphatic carbocycles. The van der Waals surface area contributed by atoms with Crippen molar-refractivity contribution in [1.29, 1.82) is 0 Å². The van der Waals surface area contributed by atoms with Crippen LogP contribution in [-0.2, 0) is 4.74 Å². The van der Waals surface area contributed by atoms with Gasteiger partial charge in [0.25, 0.3) is 0 Å². The summed E-state index contributed by atoms with van der Waals surface area (Å²) in [6.07, 6.45) is 5.05. The molecule has 1 atom stereocenters. The molecule has 22 heavy (non-hydrogen) atoms. The summed E-state index contributed by atoms with van der Waals surface area (Å²) in [6, 6.07) is 6.96. The van der Waals surface area contributed by atoms with Crippen LogP contribution in [0.3, 0.4) is 0 Å². The van der Waals surface area contributed by atoms with Crippen molar-refractivity contribution in [3.8, 4) is 0 Å². The number of rotatable bonds is 3. The molecule has 0 N–H and O–H groups in total. The molecule has 0 unspecified atom stereocenters. The number of benzene rings is 1. The summed E-state index contributed by atoms with van der Waals surface area (Å²) < 4.78 is 19.7. The molecule has 0 radical (unpaired) electrons. The Morgan fingerprint density at radius 3 is 2.95 bits per heavy atom. The number of halogens is 1. The van der Waals surface area contributed by atoms with Crippen LogP contribution in [0.2, 0.25) is 0 Å². The first-order valence-corrected chi connectivity index (χ1v) is 8.59. The lowest BCUT2D eigenvalue weighted by Gasteiger charge is -2.48. The summed E-state index contributed by atoms with van der Waals surface area (Å²) >= 11 is 0. The van der Waals surface area contributed by atoms with E-state index in [0.29, 0.717) is 0 Å². The van der Waals surface area contributed by atoms with Gasteiger partial charge in [0.15, 0.2) is 0 Å². The summed E-state index contributed by atoms with van der Waals surface area (Å²) in [6.45, 7) is 6.07. The van der Waals surface area contributed by atoms with E-state index < -0.39 is 0 Å². The maximum Gasteiger partial charge on any atom is 0.125 e. The molecule has 2 saturated heterocycles. The standard InChI is InChI=1S/C18H25FN2O/c19-16-3-1-4-17(11-16)21-8-2-7-18(14-21)13-20(9-10-22-18)12-15-5-6-15/h1,3-4,11,15H,2,5-10,12-14H2/t18-/m1/s1. The number of ether oxygens (including phenoxy) is 1. The normalized spacial score (nSPS) is 30.0. The van der Waals surface area contributed by atoms with Gasteiger partial charge in [-0.25, -0.2) is 4.39 Å². The monoisotopic (exact) mass is 304 g/mol. The van der Waals surface area contributed by atoms with Crippen molar-refractivity contribution in [2.24, 2.45) is 5.92 Å². The highest BCUT2D eigenvalue weighted by Crippen LogP contribution is 2.35. The van der Waals surface area contributed by atoms with E-state index >= 15 is 0 Å². The molecule has 3 aliphatic rings. The number of morpholine rings is 1. The minimum absolute atomic E-state index is 0.0578. The zero-order valence-corrected chi connectivity index (χ0v) is 13.1. The average molecular weight is 304 g/mol. The van der Waals surface area contributed by atoms with Gasteiger partial charge >= 0.3 is 0 Å². The van der Waals surface area contributed by atoms with Crippen LogP contribution in [0, 0.1) is 11.7 Å². The van der Waals surface area contributed by atoms with Crippen LogP contribution in [0.1, 0.15) is 25.7 Å². The van der Waals surface area contributed by atoms with Gasteiger partial charge < -0.3 is 9.64 Å². The number of hydrogen-bond acceptors (Lipinski definition) is 3. The Kier molecular flexibility index (Phi) is 3.82. The third kappa shape index (κ3) is 3.13. The molecule has 4 rings (SSSR count). The Morgan fingerprint density at radius 1 is 1.23 bits per heavy atom. The molecule has 0 bridgehead atoms. The Hall–Kier alpha value is -1.13. The Labute approximate surface area is 132 Å². The van der Waals surface area contributed by atoms with Crippen molar-refractivity contribution in [1.82, 2.24) is 4.90 Å². The molecule has 1 aromatic rings. The van der Waals surface area contributed by atoms with E-state index in [1.807, 2.05) is 6.07 Å². The van der Waals surface area contributed by atoms with Crippen LogP contribution in [0.4, 0.5) is 10.1 Å². The lowest BCUT2D eigenvalue weighted by molar-refractivity contribution is -0.115. The van der Waals surface area contributed by atoms with Crippen molar-refractivity contribution in [3.63, 3.8) is 0 Å². The molecule has 3 fully saturated rings. The Bertz CT molecular complexity index is 530. The van der Waals surface area contributed by atoms with Gasteiger partial charge in [-0.05, 0) is 49.8 Å². The quantitative estimate of drug-likeness (QED) is 0.854. The molecule has 1 aromatic carbocycles. The number of piperidine rings is 1. The molecule has 0 amide bonds. The third-order valence-electron chi connectivity index (χ3n) is 5.25. The number of anilines is 1. The summed E-state index contributed by atoms with van der Waals surface area (Å²) in [5.74, 6) is 0.773. The van der Waals surface area contributed by atoms with Crippen molar-refractivity contribution in [2.75, 3.05) is 44.2 Å². The van der Waals surface area contributed by atoms with Gasteiger partial charge in [-0.2, -0.15) is 0 Å². The van der Waals surface area contributed by atoms with Crippen LogP contribution in [0.15, 0.2) is 24.3 Å². The van der Waals surface area contributed by atoms with Crippen LogP contribution in [-0.4, -0.2) is 49.8 Å². The fourth-order valence-electron chi connectivity index (χ4n) is 3.98. The lowest BCUT2D eigenvalue weighted by Crippen LogP contribution is -2.60. The average Bonchev–Trinajstić information content (AvgIpc) is 3.31. The van der Waals surface area contributed by atoms with E-state index in [1.54, 1.807) is 12.1 Å². The first-order valence-electron chi connectivity index (χ1n) is 8.59. The van der Waals surface area contributed by atoms with Gasteiger partial charge in [0.2, 0.25) is 0 Å². The summed E-state index contributed by atoms with van der Waals surface area (Å²) in [5.41, 5.74) is 0.930. The van der Waals surface area contributed by atoms with Gasteiger partial charge in [-0.3, -0.25) is 4.90 Å². The van der Waals surface area contributed by atoms with Gasteiger partial charge in [0, 0.05) is 38.4 Å². The second-order valence-corrected chi connectivity index (χ2v) is 7.21. The second kappa shape index (κ2) is 5.82. The SMILES string of the molecule is Fc1cccc(N2CCC[C@@]3(CN(CC4CC4)CCO3)C2)c1. The number of nitrogens with zero attached hydrogens (tertiary/aromatic N) is 2. The lowest BCUT2D eigenvalue weighted by atomic mass is 9.90. The van der Waals surface area contributed by atoms with Gasteiger partial charge in [-0.1, -0.05) is 6.07 Å². The van der Waals surface area contributed by atoms with E-state index in [1.165, 1.54) is 25.5 Å². The largest absolute Gasteiger partial charge is 0.370 e. The molecule has 1 saturated carbocycles. The van der Waals surface area contributed by atoms with Crippen LogP contribution in [0.5, 0.6) is 0 Å². The topological polar surface area (TPSA) is 15.7 Å². The highest BCUT2D eigenvalue weighted by Gasteiger charge is 2.41. The van der Waals surface area contributed by atoms with E-state index in [0.717, 1.165) is 57.2 Å². The summed E-state index contributed by atoms with van der Waals surface area (Å²) in [5, 5.41) is 0. The van der Waals surface area contributed by atoms with Gasteiger partial charge in [0.05, 0.1) is 12.2 Å². The molecule has 0 aromatic heterocycles. The molecule has 4 heteroatoms. The summed E-state index contributed by atoms with van der Waals surface area (Å²) in [7, 11) is 0. The smallest absolute Gasteiger partial charge is 0.125 e.